The molecule has 2 N–H and O–H groups in total. The first-order valence-corrected chi connectivity index (χ1v) is 9.75. The minimum atomic E-state index is -0.188. The van der Waals surface area contributed by atoms with Crippen molar-refractivity contribution < 1.29 is 14.6 Å². The third-order valence-electron chi connectivity index (χ3n) is 5.10. The highest BCUT2D eigenvalue weighted by Crippen LogP contribution is 2.41. The van der Waals surface area contributed by atoms with Crippen molar-refractivity contribution in [1.29, 1.82) is 0 Å². The average molecular weight is 344 g/mol. The number of ether oxygens (including phenoxy) is 1. The molecule has 0 spiro atoms. The van der Waals surface area contributed by atoms with Gasteiger partial charge in [0.25, 0.3) is 0 Å². The molecule has 3 heterocycles. The summed E-state index contributed by atoms with van der Waals surface area (Å²) >= 11 is 0. The third kappa shape index (κ3) is 4.83. The molecule has 0 bridgehead atoms. The summed E-state index contributed by atoms with van der Waals surface area (Å²) in [6.45, 7) is 12.9. The van der Waals surface area contributed by atoms with Crippen LogP contribution in [-0.2, 0) is 4.74 Å². The lowest BCUT2D eigenvalue weighted by molar-refractivity contribution is 0.0397. The van der Waals surface area contributed by atoms with E-state index < -0.39 is 0 Å². The van der Waals surface area contributed by atoms with Crippen molar-refractivity contribution in [3.8, 4) is 0 Å². The van der Waals surface area contributed by atoms with Crippen molar-refractivity contribution in [3.63, 3.8) is 0 Å². The monoisotopic (exact) mass is 343 g/mol. The van der Waals surface area contributed by atoms with Crippen LogP contribution in [0.1, 0.15) is 53.4 Å². The van der Waals surface area contributed by atoms with Gasteiger partial charge in [0.05, 0.1) is 6.61 Å². The van der Waals surface area contributed by atoms with Gasteiger partial charge in [0.2, 0.25) is 0 Å². The van der Waals surface area contributed by atoms with Crippen LogP contribution in [-0.4, -0.2) is 78.5 Å². The topological polar surface area (TPSA) is 65.0 Å². The fourth-order valence-corrected chi connectivity index (χ4v) is 3.92. The van der Waals surface area contributed by atoms with Crippen LogP contribution in [0.3, 0.4) is 0 Å². The minimum Gasteiger partial charge on any atom is -0.448 e. The van der Waals surface area contributed by atoms with E-state index in [1.807, 2.05) is 27.7 Å². The number of fused-ring (bicyclic) bond motifs is 1. The van der Waals surface area contributed by atoms with E-state index in [1.54, 1.807) is 4.90 Å². The van der Waals surface area contributed by atoms with Gasteiger partial charge in [-0.05, 0) is 32.2 Å². The normalized spacial score (nSPS) is 29.0. The van der Waals surface area contributed by atoms with Gasteiger partial charge in [-0.25, -0.2) is 4.79 Å². The lowest BCUT2D eigenvalue weighted by Gasteiger charge is -2.33. The van der Waals surface area contributed by atoms with Crippen LogP contribution in [0.2, 0.25) is 0 Å². The van der Waals surface area contributed by atoms with Crippen molar-refractivity contribution >= 4 is 6.09 Å². The average Bonchev–Trinajstić information content (AvgIpc) is 3.23. The summed E-state index contributed by atoms with van der Waals surface area (Å²) in [4.78, 5) is 16.1. The molecule has 3 fully saturated rings. The molecule has 24 heavy (non-hydrogen) atoms. The number of nitrogens with one attached hydrogen (secondary N) is 1. The number of amides is 1. The number of piperazine rings is 1. The molecule has 3 aliphatic heterocycles. The molecule has 0 aromatic carbocycles. The molecule has 0 saturated carbocycles. The standard InChI is InChI=1S/C14H25N3O3.2C2H6/c18-11-14-3-1-7-17(14)12(2-4-14)10-20-13(19)16-8-5-15-6-9-16;2*1-2/h12,15,18H,1-11H2;2*1-2H3. The second kappa shape index (κ2) is 10.9. The maximum absolute atomic E-state index is 12.0. The van der Waals surface area contributed by atoms with Gasteiger partial charge in [-0.2, -0.15) is 0 Å². The molecule has 3 saturated heterocycles. The van der Waals surface area contributed by atoms with Gasteiger partial charge in [0, 0.05) is 37.8 Å². The fourth-order valence-electron chi connectivity index (χ4n) is 3.92. The lowest BCUT2D eigenvalue weighted by atomic mass is 9.95. The molecule has 2 unspecified atom stereocenters. The highest BCUT2D eigenvalue weighted by Gasteiger charge is 2.48. The first-order valence-electron chi connectivity index (χ1n) is 9.75. The number of carbonyl (C=O) groups is 1. The third-order valence-corrected chi connectivity index (χ3v) is 5.10. The molecule has 0 aromatic heterocycles. The zero-order valence-electron chi connectivity index (χ0n) is 16.0. The number of carbonyl (C=O) groups excluding carboxylic acids is 1. The highest BCUT2D eigenvalue weighted by atomic mass is 16.6. The molecule has 0 aromatic rings. The van der Waals surface area contributed by atoms with E-state index in [0.717, 1.165) is 58.4 Å². The van der Waals surface area contributed by atoms with Crippen LogP contribution in [0, 0.1) is 0 Å². The Hall–Kier alpha value is -0.850. The van der Waals surface area contributed by atoms with Crippen molar-refractivity contribution in [2.45, 2.75) is 65.0 Å². The zero-order valence-corrected chi connectivity index (χ0v) is 16.0. The van der Waals surface area contributed by atoms with Crippen molar-refractivity contribution in [2.75, 3.05) is 45.9 Å². The first kappa shape index (κ1) is 21.2. The van der Waals surface area contributed by atoms with Gasteiger partial charge < -0.3 is 20.1 Å². The number of aliphatic hydroxyl groups excluding tert-OH is 1. The number of aliphatic hydroxyl groups is 1. The van der Waals surface area contributed by atoms with Gasteiger partial charge in [-0.1, -0.05) is 27.7 Å². The maximum Gasteiger partial charge on any atom is 0.409 e. The summed E-state index contributed by atoms with van der Waals surface area (Å²) in [5.74, 6) is 0. The predicted octanol–water partition coefficient (Wildman–Crippen LogP) is 2.07. The van der Waals surface area contributed by atoms with E-state index in [0.29, 0.717) is 6.61 Å². The summed E-state index contributed by atoms with van der Waals surface area (Å²) < 4.78 is 5.50. The van der Waals surface area contributed by atoms with Crippen LogP contribution in [0.15, 0.2) is 0 Å². The zero-order chi connectivity index (χ0) is 18.0. The van der Waals surface area contributed by atoms with E-state index in [-0.39, 0.29) is 24.3 Å². The SMILES string of the molecule is CC.CC.O=C(OCC1CCC2(CO)CCCN12)N1CCNCC1. The fraction of sp³-hybridized carbons (Fsp3) is 0.944. The molecule has 0 aliphatic carbocycles. The minimum absolute atomic E-state index is 0.0217. The van der Waals surface area contributed by atoms with E-state index in [1.165, 1.54) is 0 Å². The van der Waals surface area contributed by atoms with Crippen LogP contribution < -0.4 is 5.32 Å². The Bertz CT molecular complexity index is 361. The first-order chi connectivity index (χ1) is 11.7. The summed E-state index contributed by atoms with van der Waals surface area (Å²) in [6.07, 6.45) is 4.08. The number of nitrogens with zero attached hydrogens (tertiary/aromatic N) is 2. The van der Waals surface area contributed by atoms with Gasteiger partial charge in [0.15, 0.2) is 0 Å². The van der Waals surface area contributed by atoms with Crippen LogP contribution in [0.4, 0.5) is 4.79 Å². The van der Waals surface area contributed by atoms with E-state index in [4.69, 9.17) is 4.74 Å². The lowest BCUT2D eigenvalue weighted by Crippen LogP contribution is -2.49. The maximum atomic E-state index is 12.0. The quantitative estimate of drug-likeness (QED) is 0.821. The smallest absolute Gasteiger partial charge is 0.409 e. The molecule has 142 valence electrons. The Morgan fingerprint density at radius 1 is 1.17 bits per heavy atom. The van der Waals surface area contributed by atoms with Gasteiger partial charge in [0.1, 0.15) is 6.61 Å². The van der Waals surface area contributed by atoms with Crippen LogP contribution in [0.5, 0.6) is 0 Å². The highest BCUT2D eigenvalue weighted by molar-refractivity contribution is 5.67. The van der Waals surface area contributed by atoms with Gasteiger partial charge in [-0.15, -0.1) is 0 Å². The Balaban J connectivity index is 0.000000671. The van der Waals surface area contributed by atoms with E-state index in [9.17, 15) is 9.90 Å². The molecule has 0 radical (unpaired) electrons. The van der Waals surface area contributed by atoms with Crippen LogP contribution in [0.25, 0.3) is 0 Å². The molecule has 3 aliphatic rings. The van der Waals surface area contributed by atoms with Gasteiger partial charge in [-0.3, -0.25) is 4.90 Å². The van der Waals surface area contributed by atoms with Crippen molar-refractivity contribution in [3.05, 3.63) is 0 Å². The molecular formula is C18H37N3O3. The summed E-state index contributed by atoms with van der Waals surface area (Å²) in [6, 6.07) is 0.288. The number of hydrogen-bond acceptors (Lipinski definition) is 5. The molecule has 3 rings (SSSR count). The van der Waals surface area contributed by atoms with Crippen molar-refractivity contribution in [1.82, 2.24) is 15.1 Å². The van der Waals surface area contributed by atoms with Crippen molar-refractivity contribution in [2.24, 2.45) is 0 Å². The van der Waals surface area contributed by atoms with Crippen LogP contribution >= 0.6 is 0 Å². The number of rotatable bonds is 3. The Morgan fingerprint density at radius 2 is 1.83 bits per heavy atom. The Kier molecular flexibility index (Phi) is 9.63. The molecule has 6 nitrogen and oxygen atoms in total. The Labute approximate surface area is 147 Å². The molecular weight excluding hydrogens is 306 g/mol. The predicted molar refractivity (Wildman–Crippen MR) is 97.3 cm³/mol. The Morgan fingerprint density at radius 3 is 2.46 bits per heavy atom. The summed E-state index contributed by atoms with van der Waals surface area (Å²) in [5.41, 5.74) is -0.0217. The van der Waals surface area contributed by atoms with E-state index in [2.05, 4.69) is 10.2 Å². The molecule has 2 atom stereocenters. The second-order valence-electron chi connectivity index (χ2n) is 6.19. The largest absolute Gasteiger partial charge is 0.448 e. The summed E-state index contributed by atoms with van der Waals surface area (Å²) in [7, 11) is 0. The second-order valence-corrected chi connectivity index (χ2v) is 6.19. The summed E-state index contributed by atoms with van der Waals surface area (Å²) in [5, 5.41) is 12.9. The molecule has 1 amide bonds. The number of hydrogen-bond donors (Lipinski definition) is 2. The molecule has 6 heteroatoms. The van der Waals surface area contributed by atoms with E-state index >= 15 is 0 Å². The van der Waals surface area contributed by atoms with Gasteiger partial charge >= 0.3 is 6.09 Å².